The van der Waals surface area contributed by atoms with Gasteiger partial charge in [-0.05, 0) is 53.0 Å². The van der Waals surface area contributed by atoms with E-state index in [1.54, 1.807) is 27.8 Å². The summed E-state index contributed by atoms with van der Waals surface area (Å²) in [5, 5.41) is 3.00. The van der Waals surface area contributed by atoms with Crippen LogP contribution in [0.3, 0.4) is 0 Å². The minimum atomic E-state index is 0. The number of benzene rings is 1. The predicted molar refractivity (Wildman–Crippen MR) is 108 cm³/mol. The maximum absolute atomic E-state index is 2.48. The molecule has 0 unspecified atom stereocenters. The van der Waals surface area contributed by atoms with Crippen LogP contribution < -0.4 is 35.3 Å². The molecule has 0 atom stereocenters. The molecule has 3 heteroatoms. The Labute approximate surface area is 200 Å². The van der Waals surface area contributed by atoms with Crippen molar-refractivity contribution >= 4 is 22.8 Å². The first-order chi connectivity index (χ1) is 11.7. The fraction of sp³-hybridized carbons (Fsp3) is 0.400. The summed E-state index contributed by atoms with van der Waals surface area (Å²) in [6.07, 6.45) is 14.3. The molecule has 4 aliphatic rings. The van der Waals surface area contributed by atoms with Gasteiger partial charge in [0.1, 0.15) is 0 Å². The van der Waals surface area contributed by atoms with Crippen LogP contribution in [0.1, 0.15) is 70.2 Å². The third-order valence-corrected chi connectivity index (χ3v) is 6.58. The summed E-state index contributed by atoms with van der Waals surface area (Å²) in [6, 6.07) is 0. The normalized spacial score (nSPS) is 21.1. The maximum atomic E-state index is 2.48. The molecule has 0 nitrogen and oxygen atoms in total. The van der Waals surface area contributed by atoms with Crippen LogP contribution in [-0.4, -0.2) is 0 Å². The summed E-state index contributed by atoms with van der Waals surface area (Å²) in [5.74, 6) is 0. The smallest absolute Gasteiger partial charge is 0 e. The van der Waals surface area contributed by atoms with E-state index in [2.05, 4.69) is 72.3 Å². The Hall–Kier alpha value is -0.500. The monoisotopic (exact) mass is 577 g/mol. The molecule has 1 aromatic rings. The number of hydrogen-bond donors (Lipinski definition) is 0. The minimum absolute atomic E-state index is 0. The first kappa shape index (κ1) is 23.8. The van der Waals surface area contributed by atoms with E-state index in [0.717, 1.165) is 12.8 Å². The Morgan fingerprint density at radius 3 is 2.32 bits per heavy atom. The van der Waals surface area contributed by atoms with Crippen molar-refractivity contribution in [1.82, 2.24) is 0 Å². The zero-order valence-corrected chi connectivity index (χ0v) is 22.7. The summed E-state index contributed by atoms with van der Waals surface area (Å²) >= 11 is 0. The van der Waals surface area contributed by atoms with Gasteiger partial charge < -0.3 is 24.8 Å². The Morgan fingerprint density at radius 1 is 0.964 bits per heavy atom. The molecule has 5 rings (SSSR count). The molecular formula is C25H27Cl2Hf-3. The molecule has 0 radical (unpaired) electrons. The van der Waals surface area contributed by atoms with Gasteiger partial charge in [0.05, 0.1) is 0 Å². The summed E-state index contributed by atoms with van der Waals surface area (Å²) in [6.45, 7) is 14.1. The van der Waals surface area contributed by atoms with E-state index in [4.69, 9.17) is 0 Å². The molecule has 1 aromatic carbocycles. The molecule has 0 fully saturated rings. The molecule has 0 amide bonds. The molecule has 0 saturated carbocycles. The van der Waals surface area contributed by atoms with Gasteiger partial charge in [-0.1, -0.05) is 75.1 Å². The number of rotatable bonds is 0. The van der Waals surface area contributed by atoms with E-state index in [1.807, 2.05) is 0 Å². The number of fused-ring (bicyclic) bond motifs is 7. The molecule has 0 heterocycles. The van der Waals surface area contributed by atoms with Gasteiger partial charge in [0, 0.05) is 25.8 Å². The average Bonchev–Trinajstić information content (AvgIpc) is 3.11. The van der Waals surface area contributed by atoms with Crippen molar-refractivity contribution in [2.24, 2.45) is 5.41 Å². The van der Waals surface area contributed by atoms with E-state index < -0.39 is 0 Å². The standard InChI is InChI=1S/C25H27.2ClH.Hf/c1-14-7-8-17-20(14)22-18(23-21(17)15(2)12-25(23,5)6)11-16-9-10-24(3,4)13-19(16)22;;;/h7-10,12H,11,13H2,1-6H3;2*1H;/q-1;;;/p-2. The zero-order chi connectivity index (χ0) is 17.7. The van der Waals surface area contributed by atoms with Crippen molar-refractivity contribution in [3.63, 3.8) is 0 Å². The summed E-state index contributed by atoms with van der Waals surface area (Å²) < 4.78 is 0. The van der Waals surface area contributed by atoms with Crippen molar-refractivity contribution in [3.05, 3.63) is 62.9 Å². The first-order valence-corrected chi connectivity index (χ1v) is 9.56. The Kier molecular flexibility index (Phi) is 6.22. The summed E-state index contributed by atoms with van der Waals surface area (Å²) in [4.78, 5) is 0. The van der Waals surface area contributed by atoms with Gasteiger partial charge in [-0.25, -0.2) is 12.0 Å². The average molecular weight is 577 g/mol. The van der Waals surface area contributed by atoms with E-state index in [0.29, 0.717) is 0 Å². The van der Waals surface area contributed by atoms with Crippen LogP contribution in [0.15, 0.2) is 23.8 Å². The number of halogens is 2. The van der Waals surface area contributed by atoms with Gasteiger partial charge in [-0.3, -0.25) is 0 Å². The molecular weight excluding hydrogens is 550 g/mol. The second kappa shape index (κ2) is 7.33. The quantitative estimate of drug-likeness (QED) is 0.271. The Bertz CT molecular complexity index is 1080. The van der Waals surface area contributed by atoms with Gasteiger partial charge in [-0.15, -0.1) is 5.56 Å². The maximum Gasteiger partial charge on any atom is 0 e. The Morgan fingerprint density at radius 2 is 1.64 bits per heavy atom. The molecule has 148 valence electrons. The Balaban J connectivity index is 0.000000934. The largest absolute Gasteiger partial charge is 1.00 e. The first-order valence-electron chi connectivity index (χ1n) is 9.56. The summed E-state index contributed by atoms with van der Waals surface area (Å²) in [7, 11) is 0. The molecule has 0 saturated heterocycles. The van der Waals surface area contributed by atoms with Gasteiger partial charge in [0.15, 0.2) is 0 Å². The topological polar surface area (TPSA) is 0 Å². The van der Waals surface area contributed by atoms with Gasteiger partial charge in [0.2, 0.25) is 0 Å². The van der Waals surface area contributed by atoms with Gasteiger partial charge in [0.25, 0.3) is 0 Å². The third kappa shape index (κ3) is 3.08. The van der Waals surface area contributed by atoms with Gasteiger partial charge >= 0.3 is 0 Å². The van der Waals surface area contributed by atoms with Crippen LogP contribution >= 0.6 is 0 Å². The molecule has 0 aromatic heterocycles. The van der Waals surface area contributed by atoms with Crippen molar-refractivity contribution in [2.45, 2.75) is 59.8 Å². The predicted octanol–water partition coefficient (Wildman–Crippen LogP) is -1.15. The van der Waals surface area contributed by atoms with Crippen molar-refractivity contribution in [3.8, 4) is 0 Å². The third-order valence-electron chi connectivity index (χ3n) is 6.58. The second-order valence-electron chi connectivity index (χ2n) is 9.64. The van der Waals surface area contributed by atoms with E-state index >= 15 is 0 Å². The van der Waals surface area contributed by atoms with Crippen molar-refractivity contribution in [2.75, 3.05) is 0 Å². The van der Waals surface area contributed by atoms with Crippen LogP contribution in [0.25, 0.3) is 22.8 Å². The van der Waals surface area contributed by atoms with E-state index in [9.17, 15) is 0 Å². The number of hydrogen-bond acceptors (Lipinski definition) is 0. The van der Waals surface area contributed by atoms with Crippen LogP contribution in [0, 0.1) is 11.8 Å². The van der Waals surface area contributed by atoms with E-state index in [-0.39, 0.29) is 61.5 Å². The van der Waals surface area contributed by atoms with Crippen LogP contribution in [0.2, 0.25) is 0 Å². The fourth-order valence-electron chi connectivity index (χ4n) is 5.66. The zero-order valence-electron chi connectivity index (χ0n) is 17.6. The second-order valence-corrected chi connectivity index (χ2v) is 9.64. The molecule has 0 spiro atoms. The summed E-state index contributed by atoms with van der Waals surface area (Å²) in [5.41, 5.74) is 12.8. The molecule has 28 heavy (non-hydrogen) atoms. The van der Waals surface area contributed by atoms with Crippen LogP contribution in [0.4, 0.5) is 0 Å². The number of allylic oxidation sites excluding steroid dienone is 6. The molecule has 4 aliphatic carbocycles. The van der Waals surface area contributed by atoms with E-state index in [1.165, 1.54) is 27.1 Å². The van der Waals surface area contributed by atoms with Crippen LogP contribution in [0.5, 0.6) is 0 Å². The SMILES string of the molecule is CC1=CC=c2c1c1c(c3c2=C(C)[CH-]C3(C)C)CC2=C1CC(C)(C)C=C2.[Cl-].[Cl-].[Hf]. The van der Waals surface area contributed by atoms with Crippen LogP contribution in [-0.2, 0) is 37.7 Å². The molecule has 0 N–H and O–H groups in total. The molecule has 0 aliphatic heterocycles. The van der Waals surface area contributed by atoms with Gasteiger partial charge in [-0.2, -0.15) is 5.22 Å². The van der Waals surface area contributed by atoms with Crippen molar-refractivity contribution < 1.29 is 50.7 Å². The molecule has 0 bridgehead atoms. The fourth-order valence-corrected chi connectivity index (χ4v) is 5.66. The minimum Gasteiger partial charge on any atom is -1.00 e. The van der Waals surface area contributed by atoms with Crippen molar-refractivity contribution in [1.29, 1.82) is 0 Å².